The maximum Gasteiger partial charge on any atom is 0.407 e. The Morgan fingerprint density at radius 2 is 2.14 bits per heavy atom. The minimum Gasteiger partial charge on any atom is -0.465 e. The summed E-state index contributed by atoms with van der Waals surface area (Å²) in [5.41, 5.74) is 2.34. The largest absolute Gasteiger partial charge is 0.465 e. The van der Waals surface area contributed by atoms with Crippen molar-refractivity contribution in [1.82, 2.24) is 4.90 Å². The quantitative estimate of drug-likeness (QED) is 0.697. The summed E-state index contributed by atoms with van der Waals surface area (Å²) in [5.74, 6) is -0.809. The molecule has 1 N–H and O–H groups in total. The molecule has 5 nitrogen and oxygen atoms in total. The number of amides is 1. The SMILES string of the molecule is CC1(Cc2ccc(Cl)cc2F)Oc2ccccc2C(C2=CCN(C(=O)O)CC2)O1. The average Bonchev–Trinajstić information content (AvgIpc) is 2.69. The minimum absolute atomic E-state index is 0.204. The number of para-hydroxylation sites is 1. The lowest BCUT2D eigenvalue weighted by Gasteiger charge is -2.42. The second-order valence-electron chi connectivity index (χ2n) is 7.44. The van der Waals surface area contributed by atoms with Crippen molar-refractivity contribution in [3.8, 4) is 5.75 Å². The van der Waals surface area contributed by atoms with Crippen molar-refractivity contribution < 1.29 is 23.8 Å². The number of nitrogens with zero attached hydrogens (tertiary/aromatic N) is 1. The van der Waals surface area contributed by atoms with Crippen molar-refractivity contribution in [2.75, 3.05) is 13.1 Å². The molecule has 2 aliphatic heterocycles. The number of hydrogen-bond acceptors (Lipinski definition) is 3. The summed E-state index contributed by atoms with van der Waals surface area (Å²) in [7, 11) is 0. The Kier molecular flexibility index (Phi) is 5.23. The summed E-state index contributed by atoms with van der Waals surface area (Å²) in [6.45, 7) is 2.51. The molecular formula is C22H21ClFNO4. The molecule has 4 rings (SSSR count). The molecule has 1 amide bonds. The van der Waals surface area contributed by atoms with Crippen LogP contribution in [0.2, 0.25) is 5.02 Å². The van der Waals surface area contributed by atoms with Gasteiger partial charge in [0.05, 0.1) is 0 Å². The molecule has 0 radical (unpaired) electrons. The van der Waals surface area contributed by atoms with Gasteiger partial charge in [-0.15, -0.1) is 0 Å². The highest BCUT2D eigenvalue weighted by Gasteiger charge is 2.40. The minimum atomic E-state index is -1.08. The van der Waals surface area contributed by atoms with E-state index in [1.807, 2.05) is 30.3 Å². The smallest absolute Gasteiger partial charge is 0.407 e. The van der Waals surface area contributed by atoms with Crippen molar-refractivity contribution in [3.63, 3.8) is 0 Å². The van der Waals surface area contributed by atoms with Gasteiger partial charge in [0.2, 0.25) is 5.79 Å². The Morgan fingerprint density at radius 1 is 1.34 bits per heavy atom. The number of fused-ring (bicyclic) bond motifs is 1. The number of ether oxygens (including phenoxy) is 2. The molecule has 0 fully saturated rings. The number of halogens is 2. The van der Waals surface area contributed by atoms with Crippen molar-refractivity contribution in [1.29, 1.82) is 0 Å². The van der Waals surface area contributed by atoms with Gasteiger partial charge in [0.25, 0.3) is 0 Å². The fourth-order valence-corrected chi connectivity index (χ4v) is 3.98. The lowest BCUT2D eigenvalue weighted by molar-refractivity contribution is -0.209. The van der Waals surface area contributed by atoms with E-state index in [9.17, 15) is 14.3 Å². The van der Waals surface area contributed by atoms with Crippen LogP contribution in [0.15, 0.2) is 54.1 Å². The van der Waals surface area contributed by atoms with E-state index in [1.54, 1.807) is 19.1 Å². The summed E-state index contributed by atoms with van der Waals surface area (Å²) in [6.07, 6.45) is 1.35. The van der Waals surface area contributed by atoms with E-state index in [0.29, 0.717) is 35.8 Å². The first-order valence-electron chi connectivity index (χ1n) is 9.41. The van der Waals surface area contributed by atoms with Crippen LogP contribution in [0.5, 0.6) is 5.75 Å². The molecule has 0 aromatic heterocycles. The van der Waals surface area contributed by atoms with Crippen LogP contribution >= 0.6 is 11.6 Å². The van der Waals surface area contributed by atoms with Gasteiger partial charge in [-0.25, -0.2) is 9.18 Å². The number of hydrogen-bond donors (Lipinski definition) is 1. The molecule has 2 aromatic carbocycles. The van der Waals surface area contributed by atoms with E-state index < -0.39 is 17.7 Å². The lowest BCUT2D eigenvalue weighted by atomic mass is 9.93. The Labute approximate surface area is 173 Å². The predicted octanol–water partition coefficient (Wildman–Crippen LogP) is 5.20. The van der Waals surface area contributed by atoms with Crippen LogP contribution in [0.3, 0.4) is 0 Å². The van der Waals surface area contributed by atoms with E-state index in [0.717, 1.165) is 11.1 Å². The fourth-order valence-electron chi connectivity index (χ4n) is 3.82. The zero-order chi connectivity index (χ0) is 20.6. The Balaban J connectivity index is 1.65. The standard InChI is InChI=1S/C22H21ClFNO4/c1-22(13-15-6-7-16(23)12-18(15)24)28-19-5-3-2-4-17(19)20(29-22)14-8-10-25(11-9-14)21(26)27/h2-8,12,20H,9-11,13H2,1H3,(H,26,27). The van der Waals surface area contributed by atoms with Gasteiger partial charge in [-0.05, 0) is 35.8 Å². The first-order chi connectivity index (χ1) is 13.8. The third-order valence-electron chi connectivity index (χ3n) is 5.27. The van der Waals surface area contributed by atoms with Crippen molar-refractivity contribution >= 4 is 17.7 Å². The van der Waals surface area contributed by atoms with E-state index >= 15 is 0 Å². The van der Waals surface area contributed by atoms with Crippen LogP contribution in [-0.2, 0) is 11.2 Å². The third-order valence-corrected chi connectivity index (χ3v) is 5.51. The lowest BCUT2D eigenvalue weighted by Crippen LogP contribution is -2.44. The maximum absolute atomic E-state index is 14.4. The summed E-state index contributed by atoms with van der Waals surface area (Å²) in [4.78, 5) is 12.6. The van der Waals surface area contributed by atoms with Gasteiger partial charge in [-0.2, -0.15) is 0 Å². The third kappa shape index (κ3) is 4.09. The van der Waals surface area contributed by atoms with Gasteiger partial charge >= 0.3 is 6.09 Å². The van der Waals surface area contributed by atoms with Crippen LogP contribution < -0.4 is 4.74 Å². The molecule has 29 heavy (non-hydrogen) atoms. The Bertz CT molecular complexity index is 979. The molecule has 2 atom stereocenters. The summed E-state index contributed by atoms with van der Waals surface area (Å²) >= 11 is 5.86. The summed E-state index contributed by atoms with van der Waals surface area (Å²) < 4.78 is 26.9. The zero-order valence-corrected chi connectivity index (χ0v) is 16.7. The molecule has 2 aromatic rings. The molecule has 0 aliphatic carbocycles. The molecule has 0 spiro atoms. The maximum atomic E-state index is 14.4. The topological polar surface area (TPSA) is 59.0 Å². The highest BCUT2D eigenvalue weighted by molar-refractivity contribution is 6.30. The van der Waals surface area contributed by atoms with Gasteiger partial charge in [0.1, 0.15) is 17.7 Å². The molecule has 7 heteroatoms. The van der Waals surface area contributed by atoms with Crippen molar-refractivity contribution in [2.24, 2.45) is 0 Å². The van der Waals surface area contributed by atoms with Crippen molar-refractivity contribution in [3.05, 3.63) is 76.1 Å². The van der Waals surface area contributed by atoms with E-state index in [-0.39, 0.29) is 12.5 Å². The molecule has 152 valence electrons. The van der Waals surface area contributed by atoms with Gasteiger partial charge in [-0.3, -0.25) is 0 Å². The Hall–Kier alpha value is -2.57. The highest BCUT2D eigenvalue weighted by Crippen LogP contribution is 2.44. The summed E-state index contributed by atoms with van der Waals surface area (Å²) in [6, 6.07) is 12.1. The molecule has 2 unspecified atom stereocenters. The number of benzene rings is 2. The highest BCUT2D eigenvalue weighted by atomic mass is 35.5. The molecule has 2 heterocycles. The summed E-state index contributed by atoms with van der Waals surface area (Å²) in [5, 5.41) is 9.52. The van der Waals surface area contributed by atoms with E-state index in [2.05, 4.69) is 0 Å². The average molecular weight is 418 g/mol. The second kappa shape index (κ2) is 7.69. The monoisotopic (exact) mass is 417 g/mol. The van der Waals surface area contributed by atoms with E-state index in [4.69, 9.17) is 21.1 Å². The zero-order valence-electron chi connectivity index (χ0n) is 15.9. The molecular weight excluding hydrogens is 397 g/mol. The molecule has 0 saturated carbocycles. The van der Waals surface area contributed by atoms with Crippen molar-refractivity contribution in [2.45, 2.75) is 31.7 Å². The number of rotatable bonds is 3. The van der Waals surface area contributed by atoms with Crippen LogP contribution in [0, 0.1) is 5.82 Å². The Morgan fingerprint density at radius 3 is 2.83 bits per heavy atom. The van der Waals surface area contributed by atoms with Gasteiger partial charge in [-0.1, -0.05) is 41.9 Å². The number of carboxylic acid groups (broad SMARTS) is 1. The van der Waals surface area contributed by atoms with Crippen LogP contribution in [0.25, 0.3) is 0 Å². The first kappa shape index (κ1) is 19.7. The normalized spacial score (nSPS) is 23.8. The number of carbonyl (C=O) groups is 1. The molecule has 0 saturated heterocycles. The molecule has 0 bridgehead atoms. The van der Waals surface area contributed by atoms with Crippen LogP contribution in [-0.4, -0.2) is 35.0 Å². The van der Waals surface area contributed by atoms with Crippen LogP contribution in [0.1, 0.15) is 30.6 Å². The van der Waals surface area contributed by atoms with Gasteiger partial charge < -0.3 is 19.5 Å². The fraction of sp³-hybridized carbons (Fsp3) is 0.318. The predicted molar refractivity (Wildman–Crippen MR) is 107 cm³/mol. The van der Waals surface area contributed by atoms with Crippen LogP contribution in [0.4, 0.5) is 9.18 Å². The first-order valence-corrected chi connectivity index (χ1v) is 9.79. The van der Waals surface area contributed by atoms with Gasteiger partial charge in [0.15, 0.2) is 0 Å². The molecule has 2 aliphatic rings. The van der Waals surface area contributed by atoms with E-state index in [1.165, 1.54) is 11.0 Å². The van der Waals surface area contributed by atoms with Gasteiger partial charge in [0, 0.05) is 37.0 Å². The second-order valence-corrected chi connectivity index (χ2v) is 7.88.